The quantitative estimate of drug-likeness (QED) is 0.111. The molecule has 3 aromatic rings. The van der Waals surface area contributed by atoms with Crippen LogP contribution in [0.1, 0.15) is 34.6 Å². The number of aliphatic hydroxyl groups is 1. The van der Waals surface area contributed by atoms with Gasteiger partial charge in [-0.3, -0.25) is 0 Å². The average molecular weight is 535 g/mol. The molecule has 0 spiro atoms. The third-order valence-corrected chi connectivity index (χ3v) is 4.71. The fraction of sp³-hybridized carbons (Fsp3) is 0.167. The average Bonchev–Trinajstić information content (AvgIpc) is 2.98. The lowest BCUT2D eigenvalue weighted by Gasteiger charge is -2.10. The van der Waals surface area contributed by atoms with Crippen LogP contribution in [0.25, 0.3) is 0 Å². The number of hydrogen-bond donors (Lipinski definition) is 1. The maximum atomic E-state index is 12.4. The molecule has 1 atom stereocenters. The zero-order valence-corrected chi connectivity index (χ0v) is 21.7. The van der Waals surface area contributed by atoms with Gasteiger partial charge in [0.25, 0.3) is 0 Å². The first-order chi connectivity index (χ1) is 18.9. The van der Waals surface area contributed by atoms with Crippen LogP contribution in [-0.4, -0.2) is 42.5 Å². The monoisotopic (exact) mass is 534 g/mol. The van der Waals surface area contributed by atoms with Gasteiger partial charge in [-0.05, 0) is 72.8 Å². The van der Waals surface area contributed by atoms with Crippen LogP contribution in [0.15, 0.2) is 98.1 Å². The lowest BCUT2D eigenvalue weighted by atomic mass is 10.2. The third-order valence-electron chi connectivity index (χ3n) is 4.71. The molecule has 1 N–H and O–H groups in total. The van der Waals surface area contributed by atoms with E-state index in [1.54, 1.807) is 12.1 Å². The summed E-state index contributed by atoms with van der Waals surface area (Å²) in [5.41, 5.74) is 0.579. The van der Waals surface area contributed by atoms with E-state index in [2.05, 4.69) is 13.2 Å². The van der Waals surface area contributed by atoms with Crippen LogP contribution in [0.5, 0.6) is 23.0 Å². The van der Waals surface area contributed by atoms with Gasteiger partial charge < -0.3 is 28.8 Å². The summed E-state index contributed by atoms with van der Waals surface area (Å²) in [5.74, 6) is -0.389. The molecule has 0 heterocycles. The molecule has 1 unspecified atom stereocenters. The fourth-order valence-electron chi connectivity index (χ4n) is 2.75. The number of aliphatic hydroxyl groups excluding tert-OH is 1. The first-order valence-corrected chi connectivity index (χ1v) is 12.0. The molecule has 0 saturated heterocycles. The molecule has 9 heteroatoms. The second-order valence-corrected chi connectivity index (χ2v) is 7.34. The number of ether oxygens (including phenoxy) is 5. The van der Waals surface area contributed by atoms with E-state index in [0.29, 0.717) is 17.1 Å². The highest BCUT2D eigenvalue weighted by Crippen LogP contribution is 2.21. The van der Waals surface area contributed by atoms with Crippen LogP contribution in [-0.2, 0) is 9.53 Å². The maximum absolute atomic E-state index is 12.4. The largest absolute Gasteiger partial charge is 0.491 e. The van der Waals surface area contributed by atoms with Crippen molar-refractivity contribution in [2.45, 2.75) is 20.0 Å². The van der Waals surface area contributed by atoms with Crippen molar-refractivity contribution in [2.75, 3.05) is 13.4 Å². The Bertz CT molecular complexity index is 1230. The predicted molar refractivity (Wildman–Crippen MR) is 144 cm³/mol. The molecular weight excluding hydrogens is 504 g/mol. The number of carbonyl (C=O) groups excluding carboxylic acids is 3. The van der Waals surface area contributed by atoms with E-state index in [9.17, 15) is 19.5 Å². The van der Waals surface area contributed by atoms with Crippen LogP contribution in [0, 0.1) is 0 Å². The van der Waals surface area contributed by atoms with Gasteiger partial charge in [-0.2, -0.15) is 0 Å². The number of carbonyl (C=O) groups is 3. The van der Waals surface area contributed by atoms with Crippen LogP contribution in [0.4, 0.5) is 0 Å². The normalized spacial score (nSPS) is 10.5. The molecule has 0 aromatic heterocycles. The smallest absolute Gasteiger partial charge is 0.343 e. The van der Waals surface area contributed by atoms with Crippen molar-refractivity contribution >= 4 is 17.9 Å². The van der Waals surface area contributed by atoms with Gasteiger partial charge in [0.2, 0.25) is 6.79 Å². The van der Waals surface area contributed by atoms with E-state index in [4.69, 9.17) is 23.7 Å². The molecule has 0 aliphatic rings. The lowest BCUT2D eigenvalue weighted by Crippen LogP contribution is -2.14. The Morgan fingerprint density at radius 2 is 1.13 bits per heavy atom. The molecule has 0 amide bonds. The van der Waals surface area contributed by atoms with Gasteiger partial charge >= 0.3 is 17.9 Å². The molecule has 0 bridgehead atoms. The number of hydrogen-bond acceptors (Lipinski definition) is 9. The maximum Gasteiger partial charge on any atom is 0.343 e. The molecule has 0 saturated carbocycles. The molecular formula is C30H30O9. The Hall–Kier alpha value is -4.89. The highest BCUT2D eigenvalue weighted by atomic mass is 16.7. The van der Waals surface area contributed by atoms with E-state index < -0.39 is 24.0 Å². The highest BCUT2D eigenvalue weighted by molar-refractivity contribution is 5.92. The molecule has 3 rings (SSSR count). The van der Waals surface area contributed by atoms with Crippen LogP contribution >= 0.6 is 0 Å². The Balaban J connectivity index is 0.00000260. The van der Waals surface area contributed by atoms with E-state index >= 15 is 0 Å². The molecule has 0 aliphatic heterocycles. The first kappa shape index (κ1) is 30.3. The predicted octanol–water partition coefficient (Wildman–Crippen LogP) is 5.14. The minimum atomic E-state index is -0.783. The van der Waals surface area contributed by atoms with Gasteiger partial charge in [-0.1, -0.05) is 26.5 Å². The summed E-state index contributed by atoms with van der Waals surface area (Å²) in [5, 5.41) is 9.44. The zero-order chi connectivity index (χ0) is 28.6. The number of benzene rings is 3. The second kappa shape index (κ2) is 16.1. The molecule has 39 heavy (non-hydrogen) atoms. The number of rotatable bonds is 12. The van der Waals surface area contributed by atoms with Crippen molar-refractivity contribution in [3.8, 4) is 23.0 Å². The second-order valence-electron chi connectivity index (χ2n) is 7.34. The Morgan fingerprint density at radius 3 is 1.54 bits per heavy atom. The van der Waals surface area contributed by atoms with Gasteiger partial charge in [0, 0.05) is 6.08 Å². The molecule has 0 aliphatic carbocycles. The molecule has 0 fully saturated rings. The van der Waals surface area contributed by atoms with Gasteiger partial charge in [0.05, 0.1) is 11.1 Å². The standard InChI is InChI=1S/C28H24O9.C2H6/c1-3-21(29)17-33-22-9-5-19(6-10-22)27(31)36-24-13-15-25(16-14-24)37-28(32)20-7-11-23(12-8-20)34-18-35-26(30)4-2;1-2/h3-16,21,29H,1-2,17-18H2;1-2H3. The molecule has 3 aromatic carbocycles. The summed E-state index contributed by atoms with van der Waals surface area (Å²) in [6.07, 6.45) is 1.60. The summed E-state index contributed by atoms with van der Waals surface area (Å²) in [4.78, 5) is 35.8. The topological polar surface area (TPSA) is 118 Å². The van der Waals surface area contributed by atoms with Crippen molar-refractivity contribution in [2.24, 2.45) is 0 Å². The van der Waals surface area contributed by atoms with E-state index in [-0.39, 0.29) is 30.5 Å². The Morgan fingerprint density at radius 1 is 0.718 bits per heavy atom. The van der Waals surface area contributed by atoms with Crippen molar-refractivity contribution in [3.05, 3.63) is 109 Å². The summed E-state index contributed by atoms with van der Waals surface area (Å²) in [7, 11) is 0. The van der Waals surface area contributed by atoms with Crippen LogP contribution < -0.4 is 18.9 Å². The molecule has 204 valence electrons. The molecule has 0 radical (unpaired) electrons. The van der Waals surface area contributed by atoms with Gasteiger partial charge in [0.15, 0.2) is 0 Å². The summed E-state index contributed by atoms with van der Waals surface area (Å²) >= 11 is 0. The third kappa shape index (κ3) is 10.2. The van der Waals surface area contributed by atoms with Crippen LogP contribution in [0.3, 0.4) is 0 Å². The first-order valence-electron chi connectivity index (χ1n) is 12.0. The highest BCUT2D eigenvalue weighted by Gasteiger charge is 2.12. The van der Waals surface area contributed by atoms with Gasteiger partial charge in [0.1, 0.15) is 35.7 Å². The zero-order valence-electron chi connectivity index (χ0n) is 21.7. The van der Waals surface area contributed by atoms with Gasteiger partial charge in [-0.25, -0.2) is 14.4 Å². The van der Waals surface area contributed by atoms with E-state index in [1.165, 1.54) is 66.7 Å². The van der Waals surface area contributed by atoms with E-state index in [0.717, 1.165) is 6.08 Å². The van der Waals surface area contributed by atoms with Crippen molar-refractivity contribution in [1.29, 1.82) is 0 Å². The van der Waals surface area contributed by atoms with Crippen molar-refractivity contribution in [3.63, 3.8) is 0 Å². The lowest BCUT2D eigenvalue weighted by molar-refractivity contribution is -0.144. The number of esters is 3. The minimum absolute atomic E-state index is 0.0545. The van der Waals surface area contributed by atoms with E-state index in [1.807, 2.05) is 13.8 Å². The van der Waals surface area contributed by atoms with Crippen LogP contribution in [0.2, 0.25) is 0 Å². The summed E-state index contributed by atoms with van der Waals surface area (Å²) < 4.78 is 26.0. The molecule has 9 nitrogen and oxygen atoms in total. The van der Waals surface area contributed by atoms with Crippen molar-refractivity contribution < 1.29 is 43.2 Å². The van der Waals surface area contributed by atoms with Crippen molar-refractivity contribution in [1.82, 2.24) is 0 Å². The SMILES string of the molecule is C=CC(=O)OCOc1ccc(C(=O)Oc2ccc(OC(=O)c3ccc(OCC(O)C=C)cc3)cc2)cc1.CC. The Labute approximate surface area is 226 Å². The summed E-state index contributed by atoms with van der Waals surface area (Å²) in [6.45, 7) is 10.5. The fourth-order valence-corrected chi connectivity index (χ4v) is 2.75. The minimum Gasteiger partial charge on any atom is -0.491 e. The summed E-state index contributed by atoms with van der Waals surface area (Å²) in [6, 6.07) is 18.3. The van der Waals surface area contributed by atoms with Gasteiger partial charge in [-0.15, -0.1) is 6.58 Å². The Kier molecular flexibility index (Phi) is 12.5.